The molecule has 0 saturated heterocycles. The van der Waals surface area contributed by atoms with Gasteiger partial charge >= 0.3 is 0 Å². The number of fused-ring (bicyclic) bond motifs is 6. The highest BCUT2D eigenvalue weighted by Crippen LogP contribution is 2.44. The molecule has 8 nitrogen and oxygen atoms in total. The van der Waals surface area contributed by atoms with E-state index >= 15 is 0 Å². The molecular formula is C80H46N8. The molecule has 8 heteroatoms. The third-order valence-electron chi connectivity index (χ3n) is 16.6. The van der Waals surface area contributed by atoms with E-state index in [4.69, 9.17) is 29.7 Å². The minimum atomic E-state index is 0.572. The number of benzene rings is 12. The summed E-state index contributed by atoms with van der Waals surface area (Å²) in [6.07, 6.45) is 0. The summed E-state index contributed by atoms with van der Waals surface area (Å²) < 4.78 is 4.69. The zero-order valence-corrected chi connectivity index (χ0v) is 47.1. The molecule has 0 aliphatic heterocycles. The van der Waals surface area contributed by atoms with E-state index in [-0.39, 0.29) is 0 Å². The molecule has 0 aliphatic rings. The van der Waals surface area contributed by atoms with Gasteiger partial charge in [0.2, 0.25) is 0 Å². The molecule has 88 heavy (non-hydrogen) atoms. The Labute approximate surface area is 508 Å². The molecule has 0 fully saturated rings. The molecule has 3 heterocycles. The quantitative estimate of drug-likeness (QED) is 0.128. The van der Waals surface area contributed by atoms with Gasteiger partial charge in [-0.1, -0.05) is 164 Å². The zero-order chi connectivity index (χ0) is 59.2. The van der Waals surface area contributed by atoms with Crippen molar-refractivity contribution in [3.05, 3.63) is 319 Å². The fraction of sp³-hybridized carbons (Fsp3) is 0. The smallest absolute Gasteiger partial charge is 0.187 e. The zero-order valence-electron chi connectivity index (χ0n) is 47.1. The van der Waals surface area contributed by atoms with Crippen molar-refractivity contribution in [2.24, 2.45) is 0 Å². The van der Waals surface area contributed by atoms with Crippen LogP contribution in [0.15, 0.2) is 279 Å². The van der Waals surface area contributed by atoms with Crippen LogP contribution >= 0.6 is 0 Å². The molecule has 15 aromatic rings. The Morgan fingerprint density at radius 3 is 1.15 bits per heavy atom. The van der Waals surface area contributed by atoms with Crippen LogP contribution in [0.25, 0.3) is 159 Å². The summed E-state index contributed by atoms with van der Waals surface area (Å²) >= 11 is 0. The minimum Gasteiger partial charge on any atom is -0.309 e. The van der Waals surface area contributed by atoms with Gasteiger partial charge < -0.3 is 9.13 Å². The first-order valence-electron chi connectivity index (χ1n) is 28.7. The van der Waals surface area contributed by atoms with E-state index in [0.717, 1.165) is 139 Å². The van der Waals surface area contributed by atoms with Gasteiger partial charge in [-0.3, -0.25) is 0 Å². The summed E-state index contributed by atoms with van der Waals surface area (Å²) in [5.41, 5.74) is 22.3. The van der Waals surface area contributed by atoms with Crippen molar-refractivity contribution in [3.8, 4) is 107 Å². The molecule has 0 unspecified atom stereocenters. The Kier molecular flexibility index (Phi) is 12.9. The molecular weight excluding hydrogens is 1070 g/mol. The Morgan fingerprint density at radius 1 is 0.307 bits per heavy atom. The lowest BCUT2D eigenvalue weighted by atomic mass is 9.98. The monoisotopic (exact) mass is 1120 g/mol. The van der Waals surface area contributed by atoms with Gasteiger partial charge in [0.15, 0.2) is 22.9 Å². The maximum Gasteiger partial charge on any atom is 0.187 e. The Balaban J connectivity index is 0.983. The second kappa shape index (κ2) is 21.8. The van der Waals surface area contributed by atoms with Gasteiger partial charge in [0.1, 0.15) is 0 Å². The first-order chi connectivity index (χ1) is 43.4. The maximum absolute atomic E-state index is 9.97. The number of rotatable bonds is 10. The van der Waals surface area contributed by atoms with E-state index in [0.29, 0.717) is 28.5 Å². The largest absolute Gasteiger partial charge is 0.309 e. The van der Waals surface area contributed by atoms with E-state index < -0.39 is 0 Å². The highest BCUT2D eigenvalue weighted by Gasteiger charge is 2.22. The summed E-state index contributed by atoms with van der Waals surface area (Å²) in [6.45, 7) is 23.4. The van der Waals surface area contributed by atoms with E-state index in [2.05, 4.69) is 194 Å². The molecule has 12 aromatic carbocycles. The molecule has 0 saturated carbocycles. The third-order valence-corrected chi connectivity index (χ3v) is 16.6. The molecule has 0 radical (unpaired) electrons. The van der Waals surface area contributed by atoms with E-state index in [9.17, 15) is 5.26 Å². The first kappa shape index (κ1) is 52.1. The molecule has 0 amide bonds. The summed E-state index contributed by atoms with van der Waals surface area (Å²) in [4.78, 5) is 22.0. The standard InChI is InChI=1S/C80H46N8/c1-82-64-25-11-21-55(40-64)59-29-34-76-69(45-59)70-46-60(56-22-12-26-65(41-56)83-2)30-35-77(70)87(76)67-28-14-24-62(43-67)68-48-63(80-85-73(52-16-6-4-7-17-52)49-74(86-80)53-18-8-5-9-19-53)33-38-75(68)88-78-36-31-58(54-20-10-15-51(39-54)50-81)44-71(78)72-47-61(32-37-79(72)88)57-23-13-27-66(42-57)84-3/h4-49H. The van der Waals surface area contributed by atoms with Gasteiger partial charge in [-0.15, -0.1) is 0 Å². The molecule has 0 atom stereocenters. The predicted molar refractivity (Wildman–Crippen MR) is 358 cm³/mol. The summed E-state index contributed by atoms with van der Waals surface area (Å²) in [7, 11) is 0. The van der Waals surface area contributed by atoms with E-state index in [1.165, 1.54) is 0 Å². The van der Waals surface area contributed by atoms with Crippen LogP contribution < -0.4 is 0 Å². The normalized spacial score (nSPS) is 11.1. The number of nitrogens with zero attached hydrogens (tertiary/aromatic N) is 8. The van der Waals surface area contributed by atoms with Crippen molar-refractivity contribution >= 4 is 60.7 Å². The molecule has 0 N–H and O–H groups in total. The topological polar surface area (TPSA) is 72.5 Å². The lowest BCUT2D eigenvalue weighted by Crippen LogP contribution is -2.01. The van der Waals surface area contributed by atoms with Crippen molar-refractivity contribution in [2.45, 2.75) is 0 Å². The van der Waals surface area contributed by atoms with Crippen LogP contribution in [0.5, 0.6) is 0 Å². The van der Waals surface area contributed by atoms with Crippen molar-refractivity contribution in [1.29, 1.82) is 5.26 Å². The van der Waals surface area contributed by atoms with Crippen LogP contribution in [0.2, 0.25) is 0 Å². The van der Waals surface area contributed by atoms with E-state index in [1.54, 1.807) is 0 Å². The summed E-state index contributed by atoms with van der Waals surface area (Å²) in [5, 5.41) is 14.1. The fourth-order valence-electron chi connectivity index (χ4n) is 12.3. The van der Waals surface area contributed by atoms with Gasteiger partial charge in [-0.05, 0) is 165 Å². The second-order valence-electron chi connectivity index (χ2n) is 21.8. The van der Waals surface area contributed by atoms with Crippen LogP contribution in [0.3, 0.4) is 0 Å². The maximum atomic E-state index is 9.97. The lowest BCUT2D eigenvalue weighted by Gasteiger charge is -2.18. The average Bonchev–Trinajstić information content (AvgIpc) is 1.81. The van der Waals surface area contributed by atoms with Crippen molar-refractivity contribution in [2.75, 3.05) is 0 Å². The van der Waals surface area contributed by atoms with Crippen LogP contribution in [0.1, 0.15) is 5.56 Å². The molecule has 0 spiro atoms. The predicted octanol–water partition coefficient (Wildman–Crippen LogP) is 21.5. The molecule has 3 aromatic heterocycles. The van der Waals surface area contributed by atoms with Crippen LogP contribution in [0.4, 0.5) is 17.1 Å². The van der Waals surface area contributed by atoms with Crippen LogP contribution in [0, 0.1) is 31.0 Å². The summed E-state index contributed by atoms with van der Waals surface area (Å²) in [6, 6.07) is 97.4. The highest BCUT2D eigenvalue weighted by molar-refractivity contribution is 6.13. The van der Waals surface area contributed by atoms with Crippen LogP contribution in [-0.4, -0.2) is 19.1 Å². The van der Waals surface area contributed by atoms with Gasteiger partial charge in [0.05, 0.1) is 70.5 Å². The Hall–Kier alpha value is -12.7. The SMILES string of the molecule is [C-]#[N+]c1cccc(-c2ccc3c(c2)c2cc(-c4cccc([N+]#[C-])c4)ccc2n3-c2cccc(-c3cc(-c4nc(-c5ccccc5)cc(-c5ccccc5)n4)ccc3-n3c4ccc(-c5cccc(C#N)c5)cc4c4cc(-c5cccc([N+]#[C-])c5)ccc43)c2)c1. The minimum absolute atomic E-state index is 0.572. The Morgan fingerprint density at radius 2 is 0.693 bits per heavy atom. The summed E-state index contributed by atoms with van der Waals surface area (Å²) in [5.74, 6) is 0.583. The second-order valence-corrected chi connectivity index (χ2v) is 21.8. The number of hydrogen-bond acceptors (Lipinski definition) is 3. The van der Waals surface area contributed by atoms with Crippen molar-refractivity contribution in [1.82, 2.24) is 19.1 Å². The molecule has 15 rings (SSSR count). The first-order valence-corrected chi connectivity index (χ1v) is 28.7. The number of aromatic nitrogens is 4. The van der Waals surface area contributed by atoms with Crippen LogP contribution in [-0.2, 0) is 0 Å². The van der Waals surface area contributed by atoms with Gasteiger partial charge in [-0.2, -0.15) is 5.26 Å². The molecule has 406 valence electrons. The average molecular weight is 1120 g/mol. The molecule has 0 aliphatic carbocycles. The third kappa shape index (κ3) is 9.36. The van der Waals surface area contributed by atoms with Crippen molar-refractivity contribution < 1.29 is 0 Å². The van der Waals surface area contributed by atoms with Gasteiger partial charge in [0, 0.05) is 49.5 Å². The van der Waals surface area contributed by atoms with Gasteiger partial charge in [0.25, 0.3) is 0 Å². The van der Waals surface area contributed by atoms with Gasteiger partial charge in [-0.25, -0.2) is 24.5 Å². The Bertz CT molecular complexity index is 5220. The molecule has 0 bridgehead atoms. The fourth-order valence-corrected chi connectivity index (χ4v) is 12.3. The lowest BCUT2D eigenvalue weighted by molar-refractivity contribution is 1.16. The van der Waals surface area contributed by atoms with E-state index in [1.807, 2.05) is 115 Å². The number of hydrogen-bond donors (Lipinski definition) is 0. The highest BCUT2D eigenvalue weighted by atomic mass is 15.0. The number of nitriles is 1. The van der Waals surface area contributed by atoms with Crippen molar-refractivity contribution in [3.63, 3.8) is 0 Å².